The van der Waals surface area contributed by atoms with Crippen LogP contribution < -0.4 is 5.32 Å². The molecule has 164 valence electrons. The number of carbonyl (C=O) groups excluding carboxylic acids is 1. The van der Waals surface area contributed by atoms with Crippen molar-refractivity contribution in [1.29, 1.82) is 5.26 Å². The van der Waals surface area contributed by atoms with Gasteiger partial charge < -0.3 is 10.4 Å². The Morgan fingerprint density at radius 3 is 2.06 bits per heavy atom. The van der Waals surface area contributed by atoms with E-state index < -0.39 is 0 Å². The van der Waals surface area contributed by atoms with Gasteiger partial charge in [0.05, 0.1) is 0 Å². The van der Waals surface area contributed by atoms with Crippen LogP contribution in [0.15, 0.2) is 48.0 Å². The number of carbonyl (C=O) groups is 1. The van der Waals surface area contributed by atoms with E-state index in [1.165, 1.54) is 5.56 Å². The molecule has 0 radical (unpaired) electrons. The van der Waals surface area contributed by atoms with Gasteiger partial charge in [0.1, 0.15) is 17.4 Å². The van der Waals surface area contributed by atoms with E-state index in [2.05, 4.69) is 17.4 Å². The number of nitriles is 1. The normalized spacial score (nSPS) is 12.4. The summed E-state index contributed by atoms with van der Waals surface area (Å²) in [7, 11) is 0. The third-order valence-corrected chi connectivity index (χ3v) is 5.19. The molecule has 1 amide bonds. The van der Waals surface area contributed by atoms with Crippen LogP contribution >= 0.6 is 0 Å². The number of aromatic hydroxyl groups is 1. The average molecular weight is 419 g/mol. The minimum Gasteiger partial charge on any atom is -0.507 e. The topological polar surface area (TPSA) is 73.1 Å². The molecule has 4 heteroatoms. The van der Waals surface area contributed by atoms with Gasteiger partial charge in [0, 0.05) is 17.7 Å². The average Bonchev–Trinajstić information content (AvgIpc) is 2.69. The molecule has 0 aromatic heterocycles. The number of aryl methyl sites for hydroxylation is 1. The van der Waals surface area contributed by atoms with E-state index in [4.69, 9.17) is 0 Å². The van der Waals surface area contributed by atoms with Crippen molar-refractivity contribution in [3.05, 3.63) is 70.3 Å². The Balaban J connectivity index is 2.22. The number of phenolic OH excluding ortho intramolecular Hbond substituents is 1. The number of benzene rings is 2. The van der Waals surface area contributed by atoms with Crippen molar-refractivity contribution in [1.82, 2.24) is 5.32 Å². The van der Waals surface area contributed by atoms with Crippen molar-refractivity contribution >= 4 is 12.0 Å². The summed E-state index contributed by atoms with van der Waals surface area (Å²) in [6, 6.07) is 15.9. The Morgan fingerprint density at radius 2 is 1.58 bits per heavy atom. The zero-order valence-corrected chi connectivity index (χ0v) is 19.5. The Labute approximate surface area is 186 Å². The molecule has 2 rings (SSSR count). The molecule has 0 bridgehead atoms. The lowest BCUT2D eigenvalue weighted by molar-refractivity contribution is -0.117. The molecule has 0 heterocycles. The first-order valence-corrected chi connectivity index (χ1v) is 10.8. The first-order valence-electron chi connectivity index (χ1n) is 10.8. The summed E-state index contributed by atoms with van der Waals surface area (Å²) in [4.78, 5) is 12.6. The van der Waals surface area contributed by atoms with Gasteiger partial charge in [-0.1, -0.05) is 71.9 Å². The maximum absolute atomic E-state index is 12.6. The summed E-state index contributed by atoms with van der Waals surface area (Å²) in [5.41, 5.74) is 3.06. The zero-order chi connectivity index (χ0) is 23.2. The molecule has 0 spiro atoms. The fourth-order valence-electron chi connectivity index (χ4n) is 3.43. The van der Waals surface area contributed by atoms with Crippen LogP contribution in [-0.2, 0) is 22.0 Å². The zero-order valence-electron chi connectivity index (χ0n) is 19.5. The van der Waals surface area contributed by atoms with Crippen LogP contribution in [-0.4, -0.2) is 17.6 Å². The van der Waals surface area contributed by atoms with Gasteiger partial charge in [0.2, 0.25) is 0 Å². The number of phenols is 1. The standard InChI is InChI=1S/C27H34N2O2/c1-26(2,3)22-16-20(17-23(24(22)30)27(4,5)6)15-21(18-28)25(31)29-14-10-13-19-11-8-7-9-12-19/h7-9,11-12,15-17,30H,10,13-14H2,1-6H3,(H,29,31). The maximum Gasteiger partial charge on any atom is 0.261 e. The molecule has 0 saturated heterocycles. The number of hydrogen-bond donors (Lipinski definition) is 2. The minimum atomic E-state index is -0.377. The van der Waals surface area contributed by atoms with Crippen LogP contribution in [0.4, 0.5) is 0 Å². The Kier molecular flexibility index (Phi) is 7.68. The second-order valence-corrected chi connectivity index (χ2v) is 9.98. The predicted octanol–water partition coefficient (Wildman–Crippen LogP) is 5.64. The van der Waals surface area contributed by atoms with Crippen LogP contribution in [0.3, 0.4) is 0 Å². The highest BCUT2D eigenvalue weighted by Gasteiger charge is 2.26. The SMILES string of the molecule is CC(C)(C)c1cc(C=C(C#N)C(=O)NCCCc2ccccc2)cc(C(C)(C)C)c1O. The maximum atomic E-state index is 12.6. The molecular weight excluding hydrogens is 384 g/mol. The van der Waals surface area contributed by atoms with Crippen molar-refractivity contribution in [2.75, 3.05) is 6.54 Å². The smallest absolute Gasteiger partial charge is 0.261 e. The summed E-state index contributed by atoms with van der Waals surface area (Å²) in [5, 5.41) is 23.3. The number of hydrogen-bond acceptors (Lipinski definition) is 3. The molecule has 2 aromatic carbocycles. The number of nitrogens with one attached hydrogen (secondary N) is 1. The quantitative estimate of drug-likeness (QED) is 0.362. The van der Waals surface area contributed by atoms with Crippen molar-refractivity contribution in [3.63, 3.8) is 0 Å². The van der Waals surface area contributed by atoms with Crippen molar-refractivity contribution in [2.45, 2.75) is 65.2 Å². The summed E-state index contributed by atoms with van der Waals surface area (Å²) in [6.07, 6.45) is 3.28. The Morgan fingerprint density at radius 1 is 1.03 bits per heavy atom. The lowest BCUT2D eigenvalue weighted by atomic mass is 9.78. The fourth-order valence-corrected chi connectivity index (χ4v) is 3.43. The molecule has 2 N–H and O–H groups in total. The highest BCUT2D eigenvalue weighted by atomic mass is 16.3. The molecule has 0 fully saturated rings. The van der Waals surface area contributed by atoms with Crippen molar-refractivity contribution in [3.8, 4) is 11.8 Å². The predicted molar refractivity (Wildman–Crippen MR) is 127 cm³/mol. The van der Waals surface area contributed by atoms with E-state index in [1.54, 1.807) is 6.08 Å². The van der Waals surface area contributed by atoms with Crippen LogP contribution in [0, 0.1) is 11.3 Å². The highest BCUT2D eigenvalue weighted by Crippen LogP contribution is 2.40. The molecule has 2 aromatic rings. The molecule has 0 aliphatic carbocycles. The van der Waals surface area contributed by atoms with Crippen molar-refractivity contribution < 1.29 is 9.90 Å². The largest absolute Gasteiger partial charge is 0.507 e. The van der Waals surface area contributed by atoms with Gasteiger partial charge in [0.25, 0.3) is 5.91 Å². The minimum absolute atomic E-state index is 0.0603. The summed E-state index contributed by atoms with van der Waals surface area (Å²) < 4.78 is 0. The lowest BCUT2D eigenvalue weighted by Gasteiger charge is -2.28. The van der Waals surface area contributed by atoms with Gasteiger partial charge >= 0.3 is 0 Å². The summed E-state index contributed by atoms with van der Waals surface area (Å²) in [5.74, 6) is -0.0979. The van der Waals surface area contributed by atoms with E-state index in [0.717, 1.165) is 29.5 Å². The second kappa shape index (κ2) is 9.83. The number of nitrogens with zero attached hydrogens (tertiary/aromatic N) is 1. The Bertz CT molecular complexity index is 950. The molecule has 0 saturated carbocycles. The fraction of sp³-hybridized carbons (Fsp3) is 0.407. The van der Waals surface area contributed by atoms with Crippen LogP contribution in [0.2, 0.25) is 0 Å². The second-order valence-electron chi connectivity index (χ2n) is 9.98. The molecule has 0 aliphatic heterocycles. The third kappa shape index (κ3) is 6.72. The van der Waals surface area contributed by atoms with Gasteiger partial charge in [-0.05, 0) is 53.0 Å². The summed E-state index contributed by atoms with van der Waals surface area (Å²) >= 11 is 0. The first kappa shape index (κ1) is 24.2. The van der Waals surface area contributed by atoms with E-state index in [1.807, 2.05) is 77.9 Å². The van der Waals surface area contributed by atoms with Crippen molar-refractivity contribution in [2.24, 2.45) is 0 Å². The van der Waals surface area contributed by atoms with Gasteiger partial charge in [-0.3, -0.25) is 4.79 Å². The lowest BCUT2D eigenvalue weighted by Crippen LogP contribution is -2.26. The molecule has 0 atom stereocenters. The third-order valence-electron chi connectivity index (χ3n) is 5.19. The van der Waals surface area contributed by atoms with Gasteiger partial charge in [-0.25, -0.2) is 0 Å². The monoisotopic (exact) mass is 418 g/mol. The first-order chi connectivity index (χ1) is 14.4. The molecular formula is C27H34N2O2. The number of amides is 1. The van der Waals surface area contributed by atoms with Crippen LogP contribution in [0.25, 0.3) is 6.08 Å². The highest BCUT2D eigenvalue weighted by molar-refractivity contribution is 6.01. The molecule has 0 unspecified atom stereocenters. The summed E-state index contributed by atoms with van der Waals surface area (Å²) in [6.45, 7) is 12.7. The van der Waals surface area contributed by atoms with Crippen LogP contribution in [0.1, 0.15) is 70.2 Å². The molecule has 0 aliphatic rings. The van der Waals surface area contributed by atoms with E-state index in [-0.39, 0.29) is 28.1 Å². The van der Waals surface area contributed by atoms with Gasteiger partial charge in [-0.15, -0.1) is 0 Å². The van der Waals surface area contributed by atoms with Gasteiger partial charge in [0.15, 0.2) is 0 Å². The Hall–Kier alpha value is -3.06. The van der Waals surface area contributed by atoms with E-state index in [0.29, 0.717) is 6.54 Å². The molecule has 31 heavy (non-hydrogen) atoms. The van der Waals surface area contributed by atoms with E-state index in [9.17, 15) is 15.2 Å². The van der Waals surface area contributed by atoms with Gasteiger partial charge in [-0.2, -0.15) is 5.26 Å². The van der Waals surface area contributed by atoms with Crippen LogP contribution in [0.5, 0.6) is 5.75 Å². The van der Waals surface area contributed by atoms with E-state index >= 15 is 0 Å². The number of rotatable bonds is 6. The molecule has 4 nitrogen and oxygen atoms in total.